The zero-order valence-corrected chi connectivity index (χ0v) is 19.8. The van der Waals surface area contributed by atoms with Crippen molar-refractivity contribution in [2.24, 2.45) is 0 Å². The molecule has 0 spiro atoms. The van der Waals surface area contributed by atoms with Gasteiger partial charge in [0.15, 0.2) is 0 Å². The maximum Gasteiger partial charge on any atom is 0.349 e. The minimum atomic E-state index is -3.91. The second kappa shape index (κ2) is 9.08. The van der Waals surface area contributed by atoms with Gasteiger partial charge in [-0.2, -0.15) is 8.78 Å². The normalized spacial score (nSPS) is 23.8. The first-order valence-corrected chi connectivity index (χ1v) is 11.1. The molecule has 2 aromatic carbocycles. The topological polar surface area (TPSA) is 95.6 Å². The molecule has 7 nitrogen and oxygen atoms in total. The van der Waals surface area contributed by atoms with Gasteiger partial charge in [0.1, 0.15) is 15.7 Å². The Morgan fingerprint density at radius 1 is 1.14 bits per heavy atom. The molecule has 2 aliphatic rings. The third-order valence-corrected chi connectivity index (χ3v) is 6.79. The first-order chi connectivity index (χ1) is 17.1. The van der Waals surface area contributed by atoms with Crippen LogP contribution in [0.1, 0.15) is 33.0 Å². The summed E-state index contributed by atoms with van der Waals surface area (Å²) in [5.41, 5.74) is -2.44. The first-order valence-electron chi connectivity index (χ1n) is 10.7. The van der Waals surface area contributed by atoms with Crippen molar-refractivity contribution in [2.75, 3.05) is 0 Å². The zero-order valence-electron chi connectivity index (χ0n) is 19.0. The molecule has 2 unspecified atom stereocenters. The molecule has 2 N–H and O–H groups in total. The molecule has 0 aliphatic carbocycles. The Balaban J connectivity index is 1.57. The number of nitrogens with zero attached hydrogens (tertiary/aromatic N) is 1. The van der Waals surface area contributed by atoms with Gasteiger partial charge in [0.2, 0.25) is 11.8 Å². The number of alkyl halides is 2. The largest absolute Gasteiger partial charge is 0.352 e. The summed E-state index contributed by atoms with van der Waals surface area (Å²) >= 11 is 5.71. The smallest absolute Gasteiger partial charge is 0.349 e. The molecule has 37 heavy (non-hydrogen) atoms. The number of fused-ring (bicyclic) bond motifs is 1. The number of piperidine rings is 1. The highest BCUT2D eigenvalue weighted by Gasteiger charge is 2.59. The maximum absolute atomic E-state index is 14.6. The number of carbonyl (C=O) groups is 4. The Labute approximate surface area is 222 Å². The molecule has 10 radical (unpaired) electrons. The third kappa shape index (κ3) is 4.19. The summed E-state index contributed by atoms with van der Waals surface area (Å²) in [4.78, 5) is 50.9. The summed E-state index contributed by atoms with van der Waals surface area (Å²) in [5.74, 6) is -11.4. The van der Waals surface area contributed by atoms with E-state index < -0.39 is 57.5 Å². The number of carbonyl (C=O) groups excluding carboxylic acids is 4. The second-order valence-electron chi connectivity index (χ2n) is 8.84. The number of halogens is 3. The van der Waals surface area contributed by atoms with Crippen molar-refractivity contribution >= 4 is 74.5 Å². The second-order valence-corrected chi connectivity index (χ2v) is 9.27. The van der Waals surface area contributed by atoms with Gasteiger partial charge in [0.25, 0.3) is 11.8 Å². The lowest BCUT2D eigenvalue weighted by Crippen LogP contribution is -2.72. The molecular weight excluding hydrogens is 498 g/mol. The minimum Gasteiger partial charge on any atom is -0.352 e. The van der Waals surface area contributed by atoms with Gasteiger partial charge in [-0.3, -0.25) is 24.5 Å². The van der Waals surface area contributed by atoms with E-state index in [2.05, 4.69) is 0 Å². The predicted molar refractivity (Wildman–Crippen MR) is 134 cm³/mol. The van der Waals surface area contributed by atoms with E-state index in [1.165, 1.54) is 30.3 Å². The van der Waals surface area contributed by atoms with Gasteiger partial charge >= 0.3 is 5.92 Å². The lowest BCUT2D eigenvalue weighted by Gasteiger charge is -2.55. The van der Waals surface area contributed by atoms with Crippen LogP contribution in [0.5, 0.6) is 0 Å². The van der Waals surface area contributed by atoms with Crippen LogP contribution in [0, 0.1) is 0 Å². The molecule has 1 fully saturated rings. The molecule has 2 heterocycles. The first kappa shape index (κ1) is 27.0. The number of imide groups is 1. The SMILES string of the molecule is [B]C(NC(=O)C(F)(F)c1ccc(Cl)cc1)c1ccc2c(c1)CN([C@@]1([B])C(=O)NC(=O)C([B])C1([B])[B])C2=O. The van der Waals surface area contributed by atoms with Crippen LogP contribution in [0.15, 0.2) is 42.5 Å². The highest BCUT2D eigenvalue weighted by Crippen LogP contribution is 2.49. The molecule has 0 aromatic heterocycles. The number of rotatable bonds is 5. The molecule has 1 saturated heterocycles. The molecule has 0 saturated carbocycles. The van der Waals surface area contributed by atoms with Crippen LogP contribution in [0.25, 0.3) is 0 Å². The van der Waals surface area contributed by atoms with Gasteiger partial charge in [0.05, 0.1) is 29.0 Å². The number of benzene rings is 2. The van der Waals surface area contributed by atoms with Crippen molar-refractivity contribution in [2.45, 2.75) is 34.9 Å². The molecule has 2 aliphatic heterocycles. The van der Waals surface area contributed by atoms with Crippen molar-refractivity contribution in [3.8, 4) is 0 Å². The molecule has 2 aromatic rings. The van der Waals surface area contributed by atoms with Crippen molar-refractivity contribution in [3.63, 3.8) is 0 Å². The quantitative estimate of drug-likeness (QED) is 0.447. The Hall–Kier alpha value is -3.01. The van der Waals surface area contributed by atoms with Crippen LogP contribution < -0.4 is 10.6 Å². The van der Waals surface area contributed by atoms with Crippen LogP contribution in [-0.4, -0.2) is 73.2 Å². The summed E-state index contributed by atoms with van der Waals surface area (Å²) in [5, 5.41) is 1.89. The minimum absolute atomic E-state index is 0.0904. The van der Waals surface area contributed by atoms with E-state index in [0.29, 0.717) is 0 Å². The van der Waals surface area contributed by atoms with Crippen LogP contribution in [-0.2, 0) is 26.9 Å². The summed E-state index contributed by atoms with van der Waals surface area (Å²) in [7, 11) is 29.9. The van der Waals surface area contributed by atoms with E-state index in [1.807, 2.05) is 10.6 Å². The Morgan fingerprint density at radius 3 is 2.38 bits per heavy atom. The average molecular weight is 511 g/mol. The van der Waals surface area contributed by atoms with Gasteiger partial charge in [-0.1, -0.05) is 41.1 Å². The van der Waals surface area contributed by atoms with Crippen LogP contribution in [0.2, 0.25) is 16.1 Å². The van der Waals surface area contributed by atoms with Gasteiger partial charge < -0.3 is 10.2 Å². The molecule has 15 heteroatoms. The van der Waals surface area contributed by atoms with E-state index in [-0.39, 0.29) is 28.3 Å². The summed E-state index contributed by atoms with van der Waals surface area (Å²) in [6.07, 6.45) is 0. The Bertz CT molecular complexity index is 1330. The molecule has 0 bridgehead atoms. The maximum atomic E-state index is 14.6. The lowest BCUT2D eigenvalue weighted by molar-refractivity contribution is -0.147. The lowest BCUT2D eigenvalue weighted by atomic mass is 9.31. The van der Waals surface area contributed by atoms with Crippen molar-refractivity contribution in [1.82, 2.24) is 15.5 Å². The summed E-state index contributed by atoms with van der Waals surface area (Å²) in [6, 6.07) is 8.51. The van der Waals surface area contributed by atoms with E-state index in [0.717, 1.165) is 17.0 Å². The third-order valence-electron chi connectivity index (χ3n) is 6.54. The number of nitrogens with one attached hydrogen (secondary N) is 2. The van der Waals surface area contributed by atoms with Crippen molar-refractivity contribution in [1.29, 1.82) is 0 Å². The molecule has 4 rings (SSSR count). The number of hydrogen-bond acceptors (Lipinski definition) is 4. The molecule has 3 atom stereocenters. The highest BCUT2D eigenvalue weighted by atomic mass is 35.5. The predicted octanol–water partition coefficient (Wildman–Crippen LogP) is 0.302. The van der Waals surface area contributed by atoms with E-state index in [1.54, 1.807) is 0 Å². The standard InChI is InChI=1S/C22H13B5ClF2N3O4/c23-14-16(34)32-19(37)22(27,21(14,25)26)33-8-10-7-9(1-6-13(10)17(33)35)15(24)31-18(36)20(29,30)11-2-4-12(28)5-3-11/h1-7,14-15H,8H2,(H,31,36)(H,32,34,37)/t14?,15?,22-/m0/s1. The molecule has 176 valence electrons. The highest BCUT2D eigenvalue weighted by molar-refractivity contribution is 6.57. The van der Waals surface area contributed by atoms with E-state index in [4.69, 9.17) is 50.8 Å². The van der Waals surface area contributed by atoms with Gasteiger partial charge in [-0.05, 0) is 35.1 Å². The fourth-order valence-electron chi connectivity index (χ4n) is 4.22. The Kier molecular flexibility index (Phi) is 6.63. The van der Waals surface area contributed by atoms with Crippen molar-refractivity contribution < 1.29 is 28.0 Å². The van der Waals surface area contributed by atoms with Crippen LogP contribution >= 0.6 is 11.6 Å². The summed E-state index contributed by atoms with van der Waals surface area (Å²) < 4.78 is 29.2. The van der Waals surface area contributed by atoms with E-state index in [9.17, 15) is 28.0 Å². The van der Waals surface area contributed by atoms with E-state index >= 15 is 0 Å². The van der Waals surface area contributed by atoms with Crippen LogP contribution in [0.4, 0.5) is 8.78 Å². The fourth-order valence-corrected chi connectivity index (χ4v) is 4.34. The number of hydrogen-bond donors (Lipinski definition) is 2. The number of amides is 4. The fraction of sp³-hybridized carbons (Fsp3) is 0.273. The van der Waals surface area contributed by atoms with Crippen molar-refractivity contribution in [3.05, 3.63) is 69.7 Å². The van der Waals surface area contributed by atoms with Gasteiger partial charge in [-0.15, -0.1) is 0 Å². The van der Waals surface area contributed by atoms with Gasteiger partial charge in [-0.25, -0.2) is 0 Å². The monoisotopic (exact) mass is 511 g/mol. The molecule has 4 amide bonds. The van der Waals surface area contributed by atoms with Crippen LogP contribution in [0.3, 0.4) is 0 Å². The Morgan fingerprint density at radius 2 is 1.76 bits per heavy atom. The zero-order chi connectivity index (χ0) is 27.5. The molecular formula is C22H13B5ClF2N3O4. The summed E-state index contributed by atoms with van der Waals surface area (Å²) in [6.45, 7) is -0.301. The average Bonchev–Trinajstić information content (AvgIpc) is 3.18. The van der Waals surface area contributed by atoms with Gasteiger partial charge in [0, 0.05) is 28.6 Å².